The molecule has 0 atom stereocenters. The van der Waals surface area contributed by atoms with Gasteiger partial charge in [-0.05, 0) is 38.0 Å². The highest BCUT2D eigenvalue weighted by Crippen LogP contribution is 2.37. The van der Waals surface area contributed by atoms with Crippen LogP contribution in [0.3, 0.4) is 0 Å². The second kappa shape index (κ2) is 5.15. The number of hydrogen-bond acceptors (Lipinski definition) is 2. The fourth-order valence-corrected chi connectivity index (χ4v) is 2.39. The molecule has 0 radical (unpaired) electrons. The molecule has 0 aliphatic heterocycles. The van der Waals surface area contributed by atoms with Crippen molar-refractivity contribution in [2.75, 3.05) is 11.4 Å². The normalized spacial score (nSPS) is 15.4. The molecule has 0 saturated heterocycles. The lowest BCUT2D eigenvalue weighted by molar-refractivity contribution is -0.120. The minimum Gasteiger partial charge on any atom is -0.359 e. The van der Waals surface area contributed by atoms with Gasteiger partial charge >= 0.3 is 6.18 Å². The number of nitrogens with zero attached hydrogens (tertiary/aromatic N) is 1. The second-order valence-electron chi connectivity index (χ2n) is 4.69. The van der Waals surface area contributed by atoms with Crippen LogP contribution >= 0.6 is 15.9 Å². The first-order valence-electron chi connectivity index (χ1n) is 5.92. The molecule has 1 aliphatic rings. The Morgan fingerprint density at radius 2 is 2.05 bits per heavy atom. The average Bonchev–Trinajstić information content (AvgIpc) is 3.08. The standard InChI is InChI=1S/C13H13BrF3NO/c1-8(19)11-6-9(14)2-5-12(11)18(10-3-4-10)7-13(15,16)17/h2,5-6,10H,3-4,7H2,1H3. The van der Waals surface area contributed by atoms with Crippen LogP contribution < -0.4 is 4.90 Å². The lowest BCUT2D eigenvalue weighted by Gasteiger charge is -2.27. The Hall–Kier alpha value is -1.04. The molecular weight excluding hydrogens is 323 g/mol. The number of carbonyl (C=O) groups is 1. The number of benzene rings is 1. The molecule has 0 unspecified atom stereocenters. The lowest BCUT2D eigenvalue weighted by Crippen LogP contribution is -2.36. The Bertz CT molecular complexity index is 497. The number of Topliss-reactive ketones (excluding diaryl/α,β-unsaturated/α-hetero) is 1. The maximum absolute atomic E-state index is 12.7. The van der Waals surface area contributed by atoms with E-state index in [1.54, 1.807) is 18.2 Å². The summed E-state index contributed by atoms with van der Waals surface area (Å²) in [4.78, 5) is 12.9. The van der Waals surface area contributed by atoms with Crippen molar-refractivity contribution >= 4 is 27.4 Å². The zero-order chi connectivity index (χ0) is 14.2. The molecule has 1 fully saturated rings. The molecule has 6 heteroatoms. The van der Waals surface area contributed by atoms with Gasteiger partial charge in [0.15, 0.2) is 5.78 Å². The van der Waals surface area contributed by atoms with Crippen molar-refractivity contribution < 1.29 is 18.0 Å². The van der Waals surface area contributed by atoms with E-state index in [0.29, 0.717) is 15.7 Å². The number of carbonyl (C=O) groups excluding carboxylic acids is 1. The van der Waals surface area contributed by atoms with Crippen molar-refractivity contribution in [3.05, 3.63) is 28.2 Å². The SMILES string of the molecule is CC(=O)c1cc(Br)ccc1N(CC(F)(F)F)C1CC1. The highest BCUT2D eigenvalue weighted by molar-refractivity contribution is 9.10. The summed E-state index contributed by atoms with van der Waals surface area (Å²) in [5.74, 6) is -0.232. The molecule has 0 aromatic heterocycles. The van der Waals surface area contributed by atoms with Gasteiger partial charge in [0.2, 0.25) is 0 Å². The Kier molecular flexibility index (Phi) is 3.90. The molecule has 1 aromatic rings. The fourth-order valence-electron chi connectivity index (χ4n) is 2.03. The summed E-state index contributed by atoms with van der Waals surface area (Å²) >= 11 is 3.23. The number of rotatable bonds is 4. The van der Waals surface area contributed by atoms with Gasteiger partial charge in [-0.25, -0.2) is 0 Å². The molecule has 0 spiro atoms. The third-order valence-electron chi connectivity index (χ3n) is 2.98. The Balaban J connectivity index is 2.39. The van der Waals surface area contributed by atoms with E-state index in [0.717, 1.165) is 12.8 Å². The lowest BCUT2D eigenvalue weighted by atomic mass is 10.1. The molecule has 0 bridgehead atoms. The van der Waals surface area contributed by atoms with Crippen LogP contribution in [0.5, 0.6) is 0 Å². The van der Waals surface area contributed by atoms with Crippen LogP contribution in [0.4, 0.5) is 18.9 Å². The van der Waals surface area contributed by atoms with E-state index < -0.39 is 12.7 Å². The first-order valence-corrected chi connectivity index (χ1v) is 6.71. The van der Waals surface area contributed by atoms with E-state index in [1.165, 1.54) is 11.8 Å². The van der Waals surface area contributed by atoms with Crippen molar-refractivity contribution in [1.82, 2.24) is 0 Å². The van der Waals surface area contributed by atoms with Crippen LogP contribution in [0.1, 0.15) is 30.1 Å². The first kappa shape index (κ1) is 14.4. The van der Waals surface area contributed by atoms with Crippen LogP contribution in [0.25, 0.3) is 0 Å². The van der Waals surface area contributed by atoms with Crippen molar-refractivity contribution in [3.63, 3.8) is 0 Å². The topological polar surface area (TPSA) is 20.3 Å². The van der Waals surface area contributed by atoms with Gasteiger partial charge < -0.3 is 4.90 Å². The van der Waals surface area contributed by atoms with Crippen molar-refractivity contribution in [1.29, 1.82) is 0 Å². The van der Waals surface area contributed by atoms with E-state index in [9.17, 15) is 18.0 Å². The number of anilines is 1. The van der Waals surface area contributed by atoms with Crippen LogP contribution in [-0.2, 0) is 0 Å². The highest BCUT2D eigenvalue weighted by atomic mass is 79.9. The molecule has 1 aromatic carbocycles. The molecule has 2 nitrogen and oxygen atoms in total. The smallest absolute Gasteiger partial charge is 0.359 e. The monoisotopic (exact) mass is 335 g/mol. The number of alkyl halides is 3. The zero-order valence-electron chi connectivity index (χ0n) is 10.3. The van der Waals surface area contributed by atoms with Crippen LogP contribution in [-0.4, -0.2) is 24.5 Å². The van der Waals surface area contributed by atoms with E-state index in [2.05, 4.69) is 15.9 Å². The maximum atomic E-state index is 12.7. The van der Waals surface area contributed by atoms with Gasteiger partial charge in [0.25, 0.3) is 0 Å². The van der Waals surface area contributed by atoms with Crippen molar-refractivity contribution in [2.24, 2.45) is 0 Å². The van der Waals surface area contributed by atoms with Crippen molar-refractivity contribution in [3.8, 4) is 0 Å². The highest BCUT2D eigenvalue weighted by Gasteiger charge is 2.39. The number of ketones is 1. The van der Waals surface area contributed by atoms with Crippen LogP contribution in [0.15, 0.2) is 22.7 Å². The van der Waals surface area contributed by atoms with Crippen molar-refractivity contribution in [2.45, 2.75) is 32.0 Å². The van der Waals surface area contributed by atoms with Gasteiger partial charge in [-0.2, -0.15) is 13.2 Å². The largest absolute Gasteiger partial charge is 0.405 e. The quantitative estimate of drug-likeness (QED) is 0.769. The summed E-state index contributed by atoms with van der Waals surface area (Å²) in [6, 6.07) is 4.70. The van der Waals surface area contributed by atoms with Crippen LogP contribution in [0, 0.1) is 0 Å². The molecule has 0 N–H and O–H groups in total. The number of halogens is 4. The second-order valence-corrected chi connectivity index (χ2v) is 5.61. The van der Waals surface area contributed by atoms with Gasteiger partial charge in [0.1, 0.15) is 6.54 Å². The predicted molar refractivity (Wildman–Crippen MR) is 70.6 cm³/mol. The Morgan fingerprint density at radius 1 is 1.42 bits per heavy atom. The molecule has 19 heavy (non-hydrogen) atoms. The Labute approximate surface area is 117 Å². The molecule has 0 heterocycles. The van der Waals surface area contributed by atoms with E-state index in [1.807, 2.05) is 0 Å². The van der Waals surface area contributed by atoms with Crippen LogP contribution in [0.2, 0.25) is 0 Å². The van der Waals surface area contributed by atoms with Gasteiger partial charge in [-0.1, -0.05) is 15.9 Å². The summed E-state index contributed by atoms with van der Waals surface area (Å²) in [7, 11) is 0. The van der Waals surface area contributed by atoms with Gasteiger partial charge in [-0.3, -0.25) is 4.79 Å². The first-order chi connectivity index (χ1) is 8.78. The van der Waals surface area contributed by atoms with E-state index in [-0.39, 0.29) is 11.8 Å². The molecule has 0 amide bonds. The number of hydrogen-bond donors (Lipinski definition) is 0. The van der Waals surface area contributed by atoms with Gasteiger partial charge in [0, 0.05) is 21.8 Å². The Morgan fingerprint density at radius 3 is 2.53 bits per heavy atom. The summed E-state index contributed by atoms with van der Waals surface area (Å²) in [6.07, 6.45) is -2.79. The predicted octanol–water partition coefficient (Wildman–Crippen LogP) is 4.18. The van der Waals surface area contributed by atoms with E-state index >= 15 is 0 Å². The average molecular weight is 336 g/mol. The third kappa shape index (κ3) is 3.72. The summed E-state index contributed by atoms with van der Waals surface area (Å²) in [6.45, 7) is 0.351. The summed E-state index contributed by atoms with van der Waals surface area (Å²) in [5, 5.41) is 0. The van der Waals surface area contributed by atoms with E-state index in [4.69, 9.17) is 0 Å². The molecular formula is C13H13BrF3NO. The third-order valence-corrected chi connectivity index (χ3v) is 3.48. The maximum Gasteiger partial charge on any atom is 0.405 e. The fraction of sp³-hybridized carbons (Fsp3) is 0.462. The molecule has 2 rings (SSSR count). The molecule has 1 saturated carbocycles. The summed E-state index contributed by atoms with van der Waals surface area (Å²) < 4.78 is 38.7. The summed E-state index contributed by atoms with van der Waals surface area (Å²) in [5.41, 5.74) is 0.695. The van der Waals surface area contributed by atoms with Gasteiger partial charge in [-0.15, -0.1) is 0 Å². The zero-order valence-corrected chi connectivity index (χ0v) is 11.9. The van der Waals surface area contributed by atoms with Gasteiger partial charge in [0.05, 0.1) is 0 Å². The molecule has 104 valence electrons. The minimum absolute atomic E-state index is 0.110. The molecule has 1 aliphatic carbocycles. The minimum atomic E-state index is -4.27.